The van der Waals surface area contributed by atoms with E-state index in [0.717, 1.165) is 35.9 Å². The molecule has 0 fully saturated rings. The third kappa shape index (κ3) is 5.33. The Kier molecular flexibility index (Phi) is 6.85. The number of thioether (sulfide) groups is 1. The second-order valence-corrected chi connectivity index (χ2v) is 8.48. The van der Waals surface area contributed by atoms with Gasteiger partial charge in [-0.1, -0.05) is 25.1 Å². The van der Waals surface area contributed by atoms with Gasteiger partial charge in [0.1, 0.15) is 0 Å². The molecule has 2 aromatic rings. The molecule has 26 heavy (non-hydrogen) atoms. The summed E-state index contributed by atoms with van der Waals surface area (Å²) in [6, 6.07) is 5.75. The van der Waals surface area contributed by atoms with Crippen molar-refractivity contribution in [1.29, 1.82) is 0 Å². The third-order valence-corrected chi connectivity index (χ3v) is 5.86. The third-order valence-electron chi connectivity index (χ3n) is 3.96. The van der Waals surface area contributed by atoms with Gasteiger partial charge in [0.05, 0.1) is 16.3 Å². The summed E-state index contributed by atoms with van der Waals surface area (Å²) in [5.74, 6) is 0.0394. The first-order valence-electron chi connectivity index (χ1n) is 8.31. The van der Waals surface area contributed by atoms with Crippen molar-refractivity contribution in [3.05, 3.63) is 35.7 Å². The fourth-order valence-corrected chi connectivity index (χ4v) is 3.80. The lowest BCUT2D eigenvalue weighted by atomic mass is 10.3. The van der Waals surface area contributed by atoms with Gasteiger partial charge in [-0.3, -0.25) is 4.79 Å². The number of nitrogens with one attached hydrogen (secondary N) is 1. The molecular formula is C17H24N4O3S2. The standard InChI is InChI=1S/C17H24N4O3S2/c1-4-5-10-21-13(3)12(2)19-17(21)25-11-16(22)20-14-6-8-15(9-7-14)26(18,23)24/h6-9H,4-5,10-11H2,1-3H3,(H,20,22)(H2,18,23,24). The van der Waals surface area contributed by atoms with Crippen molar-refractivity contribution in [1.82, 2.24) is 9.55 Å². The zero-order valence-corrected chi connectivity index (χ0v) is 16.8. The number of aromatic nitrogens is 2. The number of amides is 1. The number of sulfonamides is 1. The summed E-state index contributed by atoms with van der Waals surface area (Å²) in [5.41, 5.74) is 2.62. The lowest BCUT2D eigenvalue weighted by molar-refractivity contribution is -0.113. The van der Waals surface area contributed by atoms with Crippen LogP contribution >= 0.6 is 11.8 Å². The Morgan fingerprint density at radius 1 is 1.27 bits per heavy atom. The maximum atomic E-state index is 12.2. The van der Waals surface area contributed by atoms with Crippen molar-refractivity contribution in [2.24, 2.45) is 5.14 Å². The Morgan fingerprint density at radius 2 is 1.92 bits per heavy atom. The molecule has 1 amide bonds. The lowest BCUT2D eigenvalue weighted by Crippen LogP contribution is -2.15. The minimum atomic E-state index is -3.74. The molecule has 0 radical (unpaired) electrons. The highest BCUT2D eigenvalue weighted by atomic mass is 32.2. The van der Waals surface area contributed by atoms with Crippen LogP contribution in [0.3, 0.4) is 0 Å². The molecule has 0 bridgehead atoms. The Morgan fingerprint density at radius 3 is 2.50 bits per heavy atom. The second kappa shape index (κ2) is 8.70. The molecule has 3 N–H and O–H groups in total. The second-order valence-electron chi connectivity index (χ2n) is 5.98. The van der Waals surface area contributed by atoms with Crippen LogP contribution in [0.25, 0.3) is 0 Å². The summed E-state index contributed by atoms with van der Waals surface area (Å²) in [6.45, 7) is 7.03. The van der Waals surface area contributed by atoms with E-state index in [-0.39, 0.29) is 16.6 Å². The molecule has 0 aliphatic carbocycles. The number of rotatable bonds is 8. The molecule has 0 saturated heterocycles. The van der Waals surface area contributed by atoms with E-state index in [1.165, 1.54) is 36.0 Å². The van der Waals surface area contributed by atoms with Gasteiger partial charge in [0.2, 0.25) is 15.9 Å². The highest BCUT2D eigenvalue weighted by Gasteiger charge is 2.13. The molecule has 2 rings (SSSR count). The van der Waals surface area contributed by atoms with Crippen molar-refractivity contribution >= 4 is 33.4 Å². The van der Waals surface area contributed by atoms with Gasteiger partial charge < -0.3 is 9.88 Å². The number of unbranched alkanes of at least 4 members (excludes halogenated alkanes) is 1. The summed E-state index contributed by atoms with van der Waals surface area (Å²) in [4.78, 5) is 16.7. The van der Waals surface area contributed by atoms with Gasteiger partial charge in [-0.2, -0.15) is 0 Å². The first-order chi connectivity index (χ1) is 12.2. The molecule has 0 atom stereocenters. The number of hydrogen-bond donors (Lipinski definition) is 2. The number of aryl methyl sites for hydroxylation is 1. The zero-order valence-electron chi connectivity index (χ0n) is 15.2. The minimum Gasteiger partial charge on any atom is -0.325 e. The predicted octanol–water partition coefficient (Wildman–Crippen LogP) is 2.68. The Labute approximate surface area is 158 Å². The van der Waals surface area contributed by atoms with E-state index in [9.17, 15) is 13.2 Å². The van der Waals surface area contributed by atoms with Crippen LogP contribution in [0.5, 0.6) is 0 Å². The first kappa shape index (κ1) is 20.5. The van der Waals surface area contributed by atoms with Gasteiger partial charge in [-0.25, -0.2) is 18.5 Å². The first-order valence-corrected chi connectivity index (χ1v) is 10.8. The van der Waals surface area contributed by atoms with E-state index in [1.807, 2.05) is 13.8 Å². The van der Waals surface area contributed by atoms with Crippen molar-refractivity contribution in [2.45, 2.75) is 50.2 Å². The Balaban J connectivity index is 1.98. The maximum Gasteiger partial charge on any atom is 0.238 e. The van der Waals surface area contributed by atoms with Crippen molar-refractivity contribution in [3.63, 3.8) is 0 Å². The highest BCUT2D eigenvalue weighted by molar-refractivity contribution is 7.99. The molecule has 1 heterocycles. The zero-order chi connectivity index (χ0) is 19.3. The van der Waals surface area contributed by atoms with Crippen LogP contribution < -0.4 is 10.5 Å². The van der Waals surface area contributed by atoms with E-state index in [2.05, 4.69) is 21.8 Å². The highest BCUT2D eigenvalue weighted by Crippen LogP contribution is 2.22. The van der Waals surface area contributed by atoms with Crippen LogP contribution in [0.2, 0.25) is 0 Å². The Bertz CT molecular complexity index is 874. The molecular weight excluding hydrogens is 372 g/mol. The summed E-state index contributed by atoms with van der Waals surface area (Å²) in [5, 5.41) is 8.64. The van der Waals surface area contributed by atoms with Crippen LogP contribution in [0.4, 0.5) is 5.69 Å². The van der Waals surface area contributed by atoms with Crippen molar-refractivity contribution in [3.8, 4) is 0 Å². The number of hydrogen-bond acceptors (Lipinski definition) is 5. The Hall–Kier alpha value is -1.84. The van der Waals surface area contributed by atoms with Crippen LogP contribution in [0, 0.1) is 13.8 Å². The van der Waals surface area contributed by atoms with Crippen molar-refractivity contribution < 1.29 is 13.2 Å². The topological polar surface area (TPSA) is 107 Å². The molecule has 0 spiro atoms. The number of nitrogens with zero attached hydrogens (tertiary/aromatic N) is 2. The molecule has 142 valence electrons. The molecule has 0 saturated carbocycles. The molecule has 1 aromatic carbocycles. The number of primary sulfonamides is 1. The minimum absolute atomic E-state index is 0.00813. The molecule has 0 aliphatic heterocycles. The van der Waals surface area contributed by atoms with E-state index in [1.54, 1.807) is 0 Å². The van der Waals surface area contributed by atoms with Gasteiger partial charge >= 0.3 is 0 Å². The molecule has 1 aromatic heterocycles. The van der Waals surface area contributed by atoms with E-state index in [4.69, 9.17) is 5.14 Å². The average Bonchev–Trinajstić information content (AvgIpc) is 2.85. The van der Waals surface area contributed by atoms with Crippen LogP contribution in [-0.4, -0.2) is 29.6 Å². The number of carbonyl (C=O) groups excluding carboxylic acids is 1. The van der Waals surface area contributed by atoms with Crippen LogP contribution in [0.15, 0.2) is 34.3 Å². The van der Waals surface area contributed by atoms with Crippen molar-refractivity contribution in [2.75, 3.05) is 11.1 Å². The predicted molar refractivity (Wildman–Crippen MR) is 104 cm³/mol. The monoisotopic (exact) mass is 396 g/mol. The number of anilines is 1. The van der Waals surface area contributed by atoms with Gasteiger partial charge in [0, 0.05) is 17.9 Å². The van der Waals surface area contributed by atoms with Gasteiger partial charge in [0.25, 0.3) is 0 Å². The van der Waals surface area contributed by atoms with Gasteiger partial charge in [-0.05, 0) is 44.5 Å². The van der Waals surface area contributed by atoms with Crippen LogP contribution in [-0.2, 0) is 21.4 Å². The lowest BCUT2D eigenvalue weighted by Gasteiger charge is -2.09. The van der Waals surface area contributed by atoms with Gasteiger partial charge in [0.15, 0.2) is 5.16 Å². The quantitative estimate of drug-likeness (QED) is 0.667. The summed E-state index contributed by atoms with van der Waals surface area (Å²) < 4.78 is 24.6. The van der Waals surface area contributed by atoms with E-state index < -0.39 is 10.0 Å². The number of imidazole rings is 1. The average molecular weight is 397 g/mol. The number of nitrogens with two attached hydrogens (primary N) is 1. The maximum absolute atomic E-state index is 12.2. The largest absolute Gasteiger partial charge is 0.325 e. The SMILES string of the molecule is CCCCn1c(SCC(=O)Nc2ccc(S(N)(=O)=O)cc2)nc(C)c1C. The molecule has 7 nitrogen and oxygen atoms in total. The van der Waals surface area contributed by atoms with Crippen LogP contribution in [0.1, 0.15) is 31.2 Å². The van der Waals surface area contributed by atoms with E-state index >= 15 is 0 Å². The molecule has 0 aliphatic rings. The van der Waals surface area contributed by atoms with E-state index in [0.29, 0.717) is 5.69 Å². The summed E-state index contributed by atoms with van der Waals surface area (Å²) in [7, 11) is -3.74. The normalized spacial score (nSPS) is 11.5. The van der Waals surface area contributed by atoms with Gasteiger partial charge in [-0.15, -0.1) is 0 Å². The summed E-state index contributed by atoms with van der Waals surface area (Å²) >= 11 is 1.39. The number of benzene rings is 1. The number of carbonyl (C=O) groups is 1. The molecule has 9 heteroatoms. The molecule has 0 unspecified atom stereocenters. The smallest absolute Gasteiger partial charge is 0.238 e. The fourth-order valence-electron chi connectivity index (χ4n) is 2.37. The fraction of sp³-hybridized carbons (Fsp3) is 0.412. The summed E-state index contributed by atoms with van der Waals surface area (Å²) in [6.07, 6.45) is 2.16.